The lowest BCUT2D eigenvalue weighted by Crippen LogP contribution is -2.36. The Kier molecular flexibility index (Phi) is 5.89. The van der Waals surface area contributed by atoms with E-state index in [-0.39, 0.29) is 29.8 Å². The summed E-state index contributed by atoms with van der Waals surface area (Å²) in [5.41, 5.74) is 5.83. The molecule has 30 heavy (non-hydrogen) atoms. The molecular weight excluding hydrogens is 388 g/mol. The second kappa shape index (κ2) is 8.44. The first-order valence-electron chi connectivity index (χ1n) is 11.1. The van der Waals surface area contributed by atoms with Crippen molar-refractivity contribution in [2.45, 2.75) is 76.0 Å². The lowest BCUT2D eigenvalue weighted by Gasteiger charge is -2.41. The van der Waals surface area contributed by atoms with Gasteiger partial charge in [0, 0.05) is 36.7 Å². The predicted molar refractivity (Wildman–Crippen MR) is 112 cm³/mol. The Morgan fingerprint density at radius 2 is 1.83 bits per heavy atom. The van der Waals surface area contributed by atoms with Gasteiger partial charge in [-0.05, 0) is 24.3 Å². The monoisotopic (exact) mass is 417 g/mol. The topological polar surface area (TPSA) is 88.8 Å². The van der Waals surface area contributed by atoms with Gasteiger partial charge in [0.2, 0.25) is 5.92 Å². The zero-order valence-electron chi connectivity index (χ0n) is 17.1. The Balaban J connectivity index is 1.75. The number of primary amides is 1. The first kappa shape index (κ1) is 20.9. The number of hydrogen-bond donors (Lipinski definition) is 2. The van der Waals surface area contributed by atoms with Crippen molar-refractivity contribution in [2.75, 3.05) is 0 Å². The van der Waals surface area contributed by atoms with Gasteiger partial charge in [-0.1, -0.05) is 44.9 Å². The Labute approximate surface area is 174 Å². The third kappa shape index (κ3) is 4.25. The van der Waals surface area contributed by atoms with E-state index in [1.807, 2.05) is 0 Å². The summed E-state index contributed by atoms with van der Waals surface area (Å²) in [7, 11) is 0. The van der Waals surface area contributed by atoms with Crippen molar-refractivity contribution >= 4 is 16.8 Å². The number of hydrogen-bond acceptors (Lipinski definition) is 3. The summed E-state index contributed by atoms with van der Waals surface area (Å²) in [5.74, 6) is -3.38. The van der Waals surface area contributed by atoms with Crippen LogP contribution in [-0.2, 0) is 0 Å². The second-order valence-corrected chi connectivity index (χ2v) is 9.01. The molecule has 0 aromatic carbocycles. The van der Waals surface area contributed by atoms with Crippen molar-refractivity contribution in [1.82, 2.24) is 9.97 Å². The number of amides is 1. The number of halogens is 2. The minimum Gasteiger partial charge on any atom is -0.364 e. The zero-order chi connectivity index (χ0) is 21.3. The van der Waals surface area contributed by atoms with E-state index < -0.39 is 23.2 Å². The van der Waals surface area contributed by atoms with Crippen molar-refractivity contribution < 1.29 is 13.6 Å². The van der Waals surface area contributed by atoms with Crippen molar-refractivity contribution in [3.8, 4) is 0 Å². The Morgan fingerprint density at radius 3 is 2.53 bits per heavy atom. The van der Waals surface area contributed by atoms with Crippen LogP contribution in [0.3, 0.4) is 0 Å². The summed E-state index contributed by atoms with van der Waals surface area (Å²) in [4.78, 5) is 31.6. The highest BCUT2D eigenvalue weighted by atomic mass is 19.3. The fourth-order valence-corrected chi connectivity index (χ4v) is 5.58. The SMILES string of the molecule is NC(=O)c1nccc2[nH]c(C3CC(F)(F)CCC3C3CCCCCCC3)cc(=O)c12. The first-order valence-corrected chi connectivity index (χ1v) is 11.1. The van der Waals surface area contributed by atoms with Crippen LogP contribution in [0.5, 0.6) is 0 Å². The normalized spacial score (nSPS) is 25.5. The van der Waals surface area contributed by atoms with Gasteiger partial charge in [0.05, 0.1) is 10.9 Å². The smallest absolute Gasteiger partial charge is 0.268 e. The van der Waals surface area contributed by atoms with Gasteiger partial charge in [-0.15, -0.1) is 0 Å². The van der Waals surface area contributed by atoms with Crippen LogP contribution in [-0.4, -0.2) is 21.8 Å². The maximum atomic E-state index is 14.4. The van der Waals surface area contributed by atoms with Crippen LogP contribution in [0, 0.1) is 11.8 Å². The highest BCUT2D eigenvalue weighted by Gasteiger charge is 2.44. The Hall–Kier alpha value is -2.31. The molecule has 0 saturated heterocycles. The molecule has 2 fully saturated rings. The molecule has 0 radical (unpaired) electrons. The summed E-state index contributed by atoms with van der Waals surface area (Å²) in [6, 6.07) is 2.98. The van der Waals surface area contributed by atoms with Gasteiger partial charge in [-0.2, -0.15) is 0 Å². The average Bonchev–Trinajstić information content (AvgIpc) is 2.67. The molecule has 0 spiro atoms. The first-order chi connectivity index (χ1) is 14.4. The third-order valence-electron chi connectivity index (χ3n) is 7.03. The Bertz CT molecular complexity index is 980. The van der Waals surface area contributed by atoms with E-state index in [2.05, 4.69) is 9.97 Å². The average molecular weight is 418 g/mol. The van der Waals surface area contributed by atoms with Crippen molar-refractivity contribution in [1.29, 1.82) is 0 Å². The van der Waals surface area contributed by atoms with Crippen LogP contribution in [0.4, 0.5) is 8.78 Å². The van der Waals surface area contributed by atoms with E-state index in [4.69, 9.17) is 5.73 Å². The number of carbonyl (C=O) groups excluding carboxylic acids is 1. The zero-order valence-corrected chi connectivity index (χ0v) is 17.1. The fraction of sp³-hybridized carbons (Fsp3) is 0.609. The maximum Gasteiger partial charge on any atom is 0.268 e. The maximum absolute atomic E-state index is 14.4. The van der Waals surface area contributed by atoms with Gasteiger partial charge >= 0.3 is 0 Å². The molecule has 2 aromatic heterocycles. The standard InChI is InChI=1S/C23H29F2N3O2/c24-23(25)10-8-15(14-6-4-2-1-3-5-7-14)16(13-23)18-12-19(29)20-17(28-18)9-11-27-21(20)22(26)30/h9,11-12,14-16H,1-8,10,13H2,(H2,26,30)(H,28,29). The lowest BCUT2D eigenvalue weighted by atomic mass is 9.67. The number of nitrogens with one attached hydrogen (secondary N) is 1. The molecule has 2 aliphatic carbocycles. The number of aromatic amines is 1. The van der Waals surface area contributed by atoms with E-state index in [9.17, 15) is 18.4 Å². The molecule has 2 heterocycles. The number of nitrogens with zero attached hydrogens (tertiary/aromatic N) is 1. The molecule has 2 aromatic rings. The summed E-state index contributed by atoms with van der Waals surface area (Å²) < 4.78 is 28.9. The van der Waals surface area contributed by atoms with Crippen LogP contribution < -0.4 is 11.2 Å². The molecule has 2 saturated carbocycles. The molecule has 0 bridgehead atoms. The Morgan fingerprint density at radius 1 is 1.13 bits per heavy atom. The van der Waals surface area contributed by atoms with Crippen LogP contribution >= 0.6 is 0 Å². The fourth-order valence-electron chi connectivity index (χ4n) is 5.58. The van der Waals surface area contributed by atoms with Crippen LogP contribution in [0.15, 0.2) is 23.1 Å². The summed E-state index contributed by atoms with van der Waals surface area (Å²) in [5, 5.41) is 0.124. The molecule has 162 valence electrons. The number of fused-ring (bicyclic) bond motifs is 1. The molecular formula is C23H29F2N3O2. The van der Waals surface area contributed by atoms with Gasteiger partial charge in [-0.3, -0.25) is 14.6 Å². The molecule has 7 heteroatoms. The number of nitrogens with two attached hydrogens (primary N) is 1. The molecule has 2 atom stereocenters. The van der Waals surface area contributed by atoms with E-state index >= 15 is 0 Å². The lowest BCUT2D eigenvalue weighted by molar-refractivity contribution is -0.0642. The number of pyridine rings is 2. The van der Waals surface area contributed by atoms with Crippen LogP contribution in [0.25, 0.3) is 10.9 Å². The van der Waals surface area contributed by atoms with Gasteiger partial charge in [0.1, 0.15) is 5.69 Å². The molecule has 2 aliphatic rings. The van der Waals surface area contributed by atoms with E-state index in [0.717, 1.165) is 25.7 Å². The molecule has 3 N–H and O–H groups in total. The summed E-state index contributed by atoms with van der Waals surface area (Å²) in [6.45, 7) is 0. The number of rotatable bonds is 3. The van der Waals surface area contributed by atoms with Gasteiger partial charge in [0.25, 0.3) is 5.91 Å². The number of aromatic nitrogens is 2. The van der Waals surface area contributed by atoms with Gasteiger partial charge in [-0.25, -0.2) is 8.78 Å². The van der Waals surface area contributed by atoms with Crippen molar-refractivity contribution in [2.24, 2.45) is 17.6 Å². The van der Waals surface area contributed by atoms with Gasteiger partial charge < -0.3 is 10.7 Å². The molecule has 4 rings (SSSR count). The third-order valence-corrected chi connectivity index (χ3v) is 7.03. The molecule has 1 amide bonds. The number of alkyl halides is 2. The van der Waals surface area contributed by atoms with E-state index in [1.165, 1.54) is 31.5 Å². The highest BCUT2D eigenvalue weighted by molar-refractivity contribution is 6.03. The minimum absolute atomic E-state index is 0.0851. The van der Waals surface area contributed by atoms with Crippen LogP contribution in [0.2, 0.25) is 0 Å². The molecule has 5 nitrogen and oxygen atoms in total. The van der Waals surface area contributed by atoms with Crippen molar-refractivity contribution in [3.63, 3.8) is 0 Å². The summed E-state index contributed by atoms with van der Waals surface area (Å²) >= 11 is 0. The largest absolute Gasteiger partial charge is 0.364 e. The van der Waals surface area contributed by atoms with E-state index in [0.29, 0.717) is 23.5 Å². The predicted octanol–water partition coefficient (Wildman–Crippen LogP) is 4.90. The van der Waals surface area contributed by atoms with Crippen LogP contribution in [0.1, 0.15) is 86.3 Å². The second-order valence-electron chi connectivity index (χ2n) is 9.01. The van der Waals surface area contributed by atoms with E-state index in [1.54, 1.807) is 6.07 Å². The van der Waals surface area contributed by atoms with Gasteiger partial charge in [0.15, 0.2) is 5.43 Å². The van der Waals surface area contributed by atoms with Crippen molar-refractivity contribution in [3.05, 3.63) is 39.9 Å². The number of carbonyl (C=O) groups is 1. The highest BCUT2D eigenvalue weighted by Crippen LogP contribution is 2.49. The number of H-pyrrole nitrogens is 1. The molecule has 2 unspecified atom stereocenters. The quantitative estimate of drug-likeness (QED) is 0.744. The minimum atomic E-state index is -2.73. The summed E-state index contributed by atoms with van der Waals surface area (Å²) in [6.07, 6.45) is 9.66. The molecule has 0 aliphatic heterocycles.